The molecule has 0 heterocycles. The first-order valence-corrected chi connectivity index (χ1v) is 6.04. The monoisotopic (exact) mass is 238 g/mol. The van der Waals surface area contributed by atoms with Gasteiger partial charge in [-0.25, -0.2) is 0 Å². The number of rotatable bonds is 7. The summed E-state index contributed by atoms with van der Waals surface area (Å²) in [5.41, 5.74) is 6.31. The smallest absolute Gasteiger partial charge is 0.121 e. The van der Waals surface area contributed by atoms with E-state index in [9.17, 15) is 5.11 Å². The first-order valence-electron chi connectivity index (χ1n) is 6.04. The average Bonchev–Trinajstić information content (AvgIpc) is 2.33. The second kappa shape index (κ2) is 7.14. The molecule has 0 saturated heterocycles. The number of ether oxygens (including phenoxy) is 1. The quantitative estimate of drug-likeness (QED) is 0.704. The fraction of sp³-hybridized carbons (Fsp3) is 0.538. The van der Waals surface area contributed by atoms with Gasteiger partial charge in [-0.2, -0.15) is 0 Å². The molecule has 17 heavy (non-hydrogen) atoms. The van der Waals surface area contributed by atoms with Gasteiger partial charge in [0.05, 0.1) is 0 Å². The van der Waals surface area contributed by atoms with E-state index in [0.29, 0.717) is 24.6 Å². The molecular formula is C13H22N2O2. The number of hydrogen-bond acceptors (Lipinski definition) is 4. The lowest BCUT2D eigenvalue weighted by molar-refractivity contribution is 0.0716. The summed E-state index contributed by atoms with van der Waals surface area (Å²) in [5, 5.41) is 9.81. The summed E-state index contributed by atoms with van der Waals surface area (Å²) in [6.45, 7) is 6.96. The first-order chi connectivity index (χ1) is 8.15. The molecule has 1 aromatic rings. The van der Waals surface area contributed by atoms with E-state index in [1.54, 1.807) is 12.1 Å². The largest absolute Gasteiger partial charge is 0.491 e. The van der Waals surface area contributed by atoms with E-state index in [4.69, 9.17) is 10.5 Å². The maximum atomic E-state index is 9.81. The Morgan fingerprint density at radius 2 is 2.06 bits per heavy atom. The summed E-state index contributed by atoms with van der Waals surface area (Å²) >= 11 is 0. The van der Waals surface area contributed by atoms with Crippen LogP contribution in [-0.2, 0) is 0 Å². The van der Waals surface area contributed by atoms with Crippen LogP contribution in [0.1, 0.15) is 13.8 Å². The second-order valence-electron chi connectivity index (χ2n) is 4.02. The lowest BCUT2D eigenvalue weighted by Crippen LogP contribution is -2.35. The predicted molar refractivity (Wildman–Crippen MR) is 70.1 cm³/mol. The van der Waals surface area contributed by atoms with Crippen LogP contribution in [0.4, 0.5) is 5.69 Å². The molecule has 0 aliphatic rings. The van der Waals surface area contributed by atoms with E-state index in [2.05, 4.69) is 18.7 Å². The minimum atomic E-state index is -0.476. The Morgan fingerprint density at radius 1 is 1.35 bits per heavy atom. The number of benzene rings is 1. The first kappa shape index (κ1) is 13.8. The highest BCUT2D eigenvalue weighted by atomic mass is 16.5. The Kier molecular flexibility index (Phi) is 5.80. The van der Waals surface area contributed by atoms with Gasteiger partial charge < -0.3 is 20.5 Å². The Morgan fingerprint density at radius 3 is 2.65 bits per heavy atom. The highest BCUT2D eigenvalue weighted by Crippen LogP contribution is 2.14. The van der Waals surface area contributed by atoms with E-state index >= 15 is 0 Å². The number of nitrogens with zero attached hydrogens (tertiary/aromatic N) is 1. The average molecular weight is 238 g/mol. The lowest BCUT2D eigenvalue weighted by Gasteiger charge is -2.21. The van der Waals surface area contributed by atoms with Crippen LogP contribution in [0.2, 0.25) is 0 Å². The topological polar surface area (TPSA) is 58.7 Å². The van der Waals surface area contributed by atoms with Crippen LogP contribution in [0.15, 0.2) is 24.3 Å². The summed E-state index contributed by atoms with van der Waals surface area (Å²) in [7, 11) is 0. The third-order valence-corrected chi connectivity index (χ3v) is 2.66. The van der Waals surface area contributed by atoms with E-state index in [1.165, 1.54) is 0 Å². The number of anilines is 1. The molecule has 1 unspecified atom stereocenters. The van der Waals surface area contributed by atoms with Gasteiger partial charge in [0.2, 0.25) is 0 Å². The molecule has 4 heteroatoms. The summed E-state index contributed by atoms with van der Waals surface area (Å²) < 4.78 is 5.48. The Balaban J connectivity index is 2.35. The third kappa shape index (κ3) is 5.06. The molecule has 0 aliphatic heterocycles. The van der Waals surface area contributed by atoms with Crippen LogP contribution in [0.5, 0.6) is 5.75 Å². The van der Waals surface area contributed by atoms with Crippen molar-refractivity contribution in [2.45, 2.75) is 20.0 Å². The highest BCUT2D eigenvalue weighted by Gasteiger charge is 2.09. The van der Waals surface area contributed by atoms with Crippen LogP contribution in [0, 0.1) is 0 Å². The molecule has 1 aromatic carbocycles. The fourth-order valence-corrected chi connectivity index (χ4v) is 1.63. The van der Waals surface area contributed by atoms with Crippen LogP contribution >= 0.6 is 0 Å². The van der Waals surface area contributed by atoms with Crippen molar-refractivity contribution in [3.63, 3.8) is 0 Å². The van der Waals surface area contributed by atoms with Gasteiger partial charge in [0.1, 0.15) is 18.5 Å². The van der Waals surface area contributed by atoms with Crippen molar-refractivity contribution in [3.05, 3.63) is 24.3 Å². The Labute approximate surface area is 103 Å². The highest BCUT2D eigenvalue weighted by molar-refractivity contribution is 5.43. The predicted octanol–water partition coefficient (Wildman–Crippen LogP) is 1.35. The second-order valence-corrected chi connectivity index (χ2v) is 4.02. The zero-order valence-corrected chi connectivity index (χ0v) is 10.6. The van der Waals surface area contributed by atoms with E-state index in [1.807, 2.05) is 12.1 Å². The standard InChI is InChI=1S/C13H22N2O2/c1-3-15(4-2)9-12(16)10-17-13-7-5-6-11(14)8-13/h5-8,12,16H,3-4,9-10,14H2,1-2H3. The van der Waals surface area contributed by atoms with Crippen molar-refractivity contribution < 1.29 is 9.84 Å². The molecule has 3 N–H and O–H groups in total. The van der Waals surface area contributed by atoms with Crippen LogP contribution < -0.4 is 10.5 Å². The molecule has 0 radical (unpaired) electrons. The Bertz CT molecular complexity index is 327. The molecule has 0 spiro atoms. The minimum Gasteiger partial charge on any atom is -0.491 e. The van der Waals surface area contributed by atoms with E-state index in [-0.39, 0.29) is 0 Å². The van der Waals surface area contributed by atoms with E-state index in [0.717, 1.165) is 13.1 Å². The zero-order valence-electron chi connectivity index (χ0n) is 10.6. The van der Waals surface area contributed by atoms with Gasteiger partial charge >= 0.3 is 0 Å². The molecule has 0 aromatic heterocycles. The van der Waals surface area contributed by atoms with Crippen molar-refractivity contribution in [1.29, 1.82) is 0 Å². The number of aliphatic hydroxyl groups is 1. The Hall–Kier alpha value is -1.26. The fourth-order valence-electron chi connectivity index (χ4n) is 1.63. The van der Waals surface area contributed by atoms with Gasteiger partial charge in [-0.1, -0.05) is 19.9 Å². The maximum Gasteiger partial charge on any atom is 0.121 e. The molecule has 4 nitrogen and oxygen atoms in total. The van der Waals surface area contributed by atoms with Gasteiger partial charge in [0.15, 0.2) is 0 Å². The van der Waals surface area contributed by atoms with Crippen LogP contribution in [0.25, 0.3) is 0 Å². The number of nitrogens with two attached hydrogens (primary N) is 1. The summed E-state index contributed by atoms with van der Waals surface area (Å²) in [5.74, 6) is 0.698. The zero-order chi connectivity index (χ0) is 12.7. The van der Waals surface area contributed by atoms with Gasteiger partial charge in [-0.15, -0.1) is 0 Å². The molecule has 1 rings (SSSR count). The summed E-state index contributed by atoms with van der Waals surface area (Å²) in [4.78, 5) is 2.16. The van der Waals surface area contributed by atoms with Crippen molar-refractivity contribution in [1.82, 2.24) is 4.90 Å². The molecule has 0 aliphatic carbocycles. The van der Waals surface area contributed by atoms with Gasteiger partial charge in [0, 0.05) is 18.3 Å². The van der Waals surface area contributed by atoms with Gasteiger partial charge in [0.25, 0.3) is 0 Å². The molecule has 0 fully saturated rings. The van der Waals surface area contributed by atoms with Gasteiger partial charge in [-0.05, 0) is 25.2 Å². The van der Waals surface area contributed by atoms with Crippen molar-refractivity contribution in [3.8, 4) is 5.75 Å². The van der Waals surface area contributed by atoms with Crippen LogP contribution in [0.3, 0.4) is 0 Å². The van der Waals surface area contributed by atoms with E-state index < -0.39 is 6.10 Å². The summed E-state index contributed by atoms with van der Waals surface area (Å²) in [6.07, 6.45) is -0.476. The third-order valence-electron chi connectivity index (χ3n) is 2.66. The molecule has 0 bridgehead atoms. The van der Waals surface area contributed by atoms with Crippen molar-refractivity contribution >= 4 is 5.69 Å². The van der Waals surface area contributed by atoms with Gasteiger partial charge in [-0.3, -0.25) is 0 Å². The molecular weight excluding hydrogens is 216 g/mol. The number of likely N-dealkylation sites (N-methyl/N-ethyl adjacent to an activating group) is 1. The van der Waals surface area contributed by atoms with Crippen molar-refractivity contribution in [2.24, 2.45) is 0 Å². The normalized spacial score (nSPS) is 12.7. The molecule has 1 atom stereocenters. The maximum absolute atomic E-state index is 9.81. The minimum absolute atomic E-state index is 0.292. The summed E-state index contributed by atoms with van der Waals surface area (Å²) in [6, 6.07) is 7.23. The van der Waals surface area contributed by atoms with Crippen molar-refractivity contribution in [2.75, 3.05) is 32.0 Å². The lowest BCUT2D eigenvalue weighted by atomic mass is 10.3. The molecule has 0 saturated carbocycles. The number of hydrogen-bond donors (Lipinski definition) is 2. The number of aliphatic hydroxyl groups excluding tert-OH is 1. The molecule has 96 valence electrons. The van der Waals surface area contributed by atoms with Crippen LogP contribution in [-0.4, -0.2) is 42.4 Å². The number of nitrogen functional groups attached to an aromatic ring is 1. The SMILES string of the molecule is CCN(CC)CC(O)COc1cccc(N)c1. The molecule has 0 amide bonds.